The van der Waals surface area contributed by atoms with Crippen LogP contribution in [0.5, 0.6) is 11.5 Å². The van der Waals surface area contributed by atoms with Crippen molar-refractivity contribution in [2.45, 2.75) is 13.5 Å². The van der Waals surface area contributed by atoms with Crippen LogP contribution in [0.25, 0.3) is 33.3 Å². The van der Waals surface area contributed by atoms with E-state index in [2.05, 4.69) is 4.98 Å². The highest BCUT2D eigenvalue weighted by molar-refractivity contribution is 5.88. The van der Waals surface area contributed by atoms with Gasteiger partial charge in [-0.05, 0) is 52.7 Å². The third-order valence-corrected chi connectivity index (χ3v) is 4.93. The third kappa shape index (κ3) is 4.12. The Labute approximate surface area is 178 Å². The Kier molecular flexibility index (Phi) is 4.84. The molecule has 1 aromatic heterocycles. The van der Waals surface area contributed by atoms with Crippen LogP contribution in [0.15, 0.2) is 89.3 Å². The van der Waals surface area contributed by atoms with Gasteiger partial charge < -0.3 is 13.9 Å². The number of carbonyl (C=O) groups excluding carboxylic acids is 1. The molecule has 5 nitrogen and oxygen atoms in total. The Morgan fingerprint density at radius 3 is 2.48 bits per heavy atom. The second kappa shape index (κ2) is 7.95. The molecule has 0 aliphatic heterocycles. The number of ether oxygens (including phenoxy) is 2. The van der Waals surface area contributed by atoms with Crippen LogP contribution in [-0.4, -0.2) is 11.0 Å². The standard InChI is InChI=1S/C26H19NO4/c1-17(28)30-23-11-12-24-25(15-23)31-26(27-24)21-8-7-20-14-22(10-9-19(20)13-21)29-16-18-5-3-2-4-6-18/h2-15H,16H2,1H3. The van der Waals surface area contributed by atoms with Crippen molar-refractivity contribution in [3.8, 4) is 23.0 Å². The maximum atomic E-state index is 11.2. The lowest BCUT2D eigenvalue weighted by Crippen LogP contribution is -2.00. The molecule has 5 rings (SSSR count). The lowest BCUT2D eigenvalue weighted by Gasteiger charge is -2.08. The number of nitrogens with zero attached hydrogens (tertiary/aromatic N) is 1. The quantitative estimate of drug-likeness (QED) is 0.257. The van der Waals surface area contributed by atoms with Gasteiger partial charge in [-0.25, -0.2) is 4.98 Å². The minimum atomic E-state index is -0.374. The molecule has 0 saturated carbocycles. The summed E-state index contributed by atoms with van der Waals surface area (Å²) < 4.78 is 17.0. The number of benzene rings is 4. The number of hydrogen-bond donors (Lipinski definition) is 0. The zero-order valence-corrected chi connectivity index (χ0v) is 16.9. The molecule has 0 spiro atoms. The highest BCUT2D eigenvalue weighted by Crippen LogP contribution is 2.30. The monoisotopic (exact) mass is 409 g/mol. The Hall–Kier alpha value is -4.12. The normalized spacial score (nSPS) is 11.0. The number of fused-ring (bicyclic) bond motifs is 2. The second-order valence-electron chi connectivity index (χ2n) is 7.24. The van der Waals surface area contributed by atoms with E-state index in [1.807, 2.05) is 66.7 Å². The molecule has 0 radical (unpaired) electrons. The molecule has 0 atom stereocenters. The molecule has 0 bridgehead atoms. The second-order valence-corrected chi connectivity index (χ2v) is 7.24. The van der Waals surface area contributed by atoms with E-state index in [1.54, 1.807) is 18.2 Å². The van der Waals surface area contributed by atoms with Gasteiger partial charge in [0.25, 0.3) is 0 Å². The summed E-state index contributed by atoms with van der Waals surface area (Å²) in [6.07, 6.45) is 0. The van der Waals surface area contributed by atoms with Crippen molar-refractivity contribution in [1.29, 1.82) is 0 Å². The van der Waals surface area contributed by atoms with Gasteiger partial charge in [0.2, 0.25) is 5.89 Å². The Bertz CT molecular complexity index is 1390. The van der Waals surface area contributed by atoms with E-state index >= 15 is 0 Å². The van der Waals surface area contributed by atoms with E-state index in [4.69, 9.17) is 13.9 Å². The molecule has 0 N–H and O–H groups in total. The van der Waals surface area contributed by atoms with Gasteiger partial charge in [-0.3, -0.25) is 4.79 Å². The van der Waals surface area contributed by atoms with Gasteiger partial charge >= 0.3 is 5.97 Å². The van der Waals surface area contributed by atoms with E-state index < -0.39 is 0 Å². The molecule has 0 saturated heterocycles. The highest BCUT2D eigenvalue weighted by Gasteiger charge is 2.11. The average Bonchev–Trinajstić information content (AvgIpc) is 3.21. The van der Waals surface area contributed by atoms with Crippen molar-refractivity contribution < 1.29 is 18.7 Å². The van der Waals surface area contributed by atoms with Gasteiger partial charge in [-0.2, -0.15) is 0 Å². The SMILES string of the molecule is CC(=O)Oc1ccc2nc(-c3ccc4cc(OCc5ccccc5)ccc4c3)oc2c1. The fraction of sp³-hybridized carbons (Fsp3) is 0.0769. The molecular weight excluding hydrogens is 390 g/mol. The summed E-state index contributed by atoms with van der Waals surface area (Å²) in [6.45, 7) is 1.89. The number of esters is 1. The number of aromatic nitrogens is 1. The van der Waals surface area contributed by atoms with E-state index in [-0.39, 0.29) is 5.97 Å². The molecule has 0 aliphatic rings. The third-order valence-electron chi connectivity index (χ3n) is 4.93. The molecule has 0 fully saturated rings. The van der Waals surface area contributed by atoms with Crippen LogP contribution in [0.3, 0.4) is 0 Å². The van der Waals surface area contributed by atoms with Gasteiger partial charge in [0.05, 0.1) is 0 Å². The molecule has 4 aromatic carbocycles. The highest BCUT2D eigenvalue weighted by atomic mass is 16.5. The maximum Gasteiger partial charge on any atom is 0.308 e. The van der Waals surface area contributed by atoms with Crippen LogP contribution in [-0.2, 0) is 11.4 Å². The topological polar surface area (TPSA) is 61.6 Å². The largest absolute Gasteiger partial charge is 0.489 e. The maximum absolute atomic E-state index is 11.2. The van der Waals surface area contributed by atoms with Crippen molar-refractivity contribution in [2.24, 2.45) is 0 Å². The summed E-state index contributed by atoms with van der Waals surface area (Å²) >= 11 is 0. The fourth-order valence-electron chi connectivity index (χ4n) is 3.45. The predicted molar refractivity (Wildman–Crippen MR) is 119 cm³/mol. The van der Waals surface area contributed by atoms with E-state index in [1.165, 1.54) is 6.92 Å². The lowest BCUT2D eigenvalue weighted by molar-refractivity contribution is -0.131. The zero-order chi connectivity index (χ0) is 21.2. The first-order valence-corrected chi connectivity index (χ1v) is 9.94. The van der Waals surface area contributed by atoms with Gasteiger partial charge in [0.1, 0.15) is 23.6 Å². The first kappa shape index (κ1) is 18.9. The number of carbonyl (C=O) groups is 1. The Morgan fingerprint density at radius 1 is 0.871 bits per heavy atom. The summed E-state index contributed by atoms with van der Waals surface area (Å²) in [6, 6.07) is 27.3. The van der Waals surface area contributed by atoms with Gasteiger partial charge in [0, 0.05) is 18.6 Å². The van der Waals surface area contributed by atoms with E-state index in [0.29, 0.717) is 29.3 Å². The molecular formula is C26H19NO4. The molecule has 31 heavy (non-hydrogen) atoms. The first-order chi connectivity index (χ1) is 15.1. The summed E-state index contributed by atoms with van der Waals surface area (Å²) in [5, 5.41) is 2.13. The van der Waals surface area contributed by atoms with Crippen molar-refractivity contribution in [3.05, 3.63) is 90.5 Å². The molecule has 1 heterocycles. The molecule has 0 amide bonds. The van der Waals surface area contributed by atoms with Gasteiger partial charge in [-0.15, -0.1) is 0 Å². The van der Waals surface area contributed by atoms with E-state index in [9.17, 15) is 4.79 Å². The van der Waals surface area contributed by atoms with Crippen molar-refractivity contribution in [2.75, 3.05) is 0 Å². The molecule has 5 heteroatoms. The minimum absolute atomic E-state index is 0.374. The first-order valence-electron chi connectivity index (χ1n) is 9.94. The smallest absolute Gasteiger partial charge is 0.308 e. The molecule has 5 aromatic rings. The van der Waals surface area contributed by atoms with Crippen LogP contribution in [0.1, 0.15) is 12.5 Å². The summed E-state index contributed by atoms with van der Waals surface area (Å²) in [4.78, 5) is 15.7. The lowest BCUT2D eigenvalue weighted by atomic mass is 10.1. The number of oxazole rings is 1. The Balaban J connectivity index is 1.39. The summed E-state index contributed by atoms with van der Waals surface area (Å²) in [5.41, 5.74) is 3.27. The molecule has 152 valence electrons. The zero-order valence-electron chi connectivity index (χ0n) is 16.9. The predicted octanol–water partition coefficient (Wildman–Crippen LogP) is 6.15. The van der Waals surface area contributed by atoms with Crippen LogP contribution in [0, 0.1) is 0 Å². The van der Waals surface area contributed by atoms with Crippen molar-refractivity contribution >= 4 is 27.8 Å². The van der Waals surface area contributed by atoms with Gasteiger partial charge in [-0.1, -0.05) is 42.5 Å². The van der Waals surface area contributed by atoms with Crippen LogP contribution >= 0.6 is 0 Å². The number of rotatable bonds is 5. The summed E-state index contributed by atoms with van der Waals surface area (Å²) in [5.74, 6) is 1.40. The number of hydrogen-bond acceptors (Lipinski definition) is 5. The van der Waals surface area contributed by atoms with Crippen LogP contribution < -0.4 is 9.47 Å². The van der Waals surface area contributed by atoms with Crippen molar-refractivity contribution in [3.63, 3.8) is 0 Å². The van der Waals surface area contributed by atoms with Gasteiger partial charge in [0.15, 0.2) is 5.58 Å². The summed E-state index contributed by atoms with van der Waals surface area (Å²) in [7, 11) is 0. The van der Waals surface area contributed by atoms with E-state index in [0.717, 1.165) is 27.6 Å². The van der Waals surface area contributed by atoms with Crippen LogP contribution in [0.2, 0.25) is 0 Å². The van der Waals surface area contributed by atoms with Crippen molar-refractivity contribution in [1.82, 2.24) is 4.98 Å². The van der Waals surface area contributed by atoms with Crippen LogP contribution in [0.4, 0.5) is 0 Å². The average molecular weight is 409 g/mol. The minimum Gasteiger partial charge on any atom is -0.489 e. The fourth-order valence-corrected chi connectivity index (χ4v) is 3.45. The molecule has 0 aliphatic carbocycles. The Morgan fingerprint density at radius 2 is 1.65 bits per heavy atom. The molecule has 0 unspecified atom stereocenters.